The minimum atomic E-state index is -3.95. The lowest BCUT2D eigenvalue weighted by atomic mass is 10.2. The van der Waals surface area contributed by atoms with Crippen LogP contribution in [0.5, 0.6) is 5.75 Å². The fourth-order valence-corrected chi connectivity index (χ4v) is 3.99. The topological polar surface area (TPSA) is 105 Å². The molecule has 3 aromatic rings. The van der Waals surface area contributed by atoms with Gasteiger partial charge in [0, 0.05) is 5.69 Å². The number of hydrogen-bond donors (Lipinski definition) is 3. The highest BCUT2D eigenvalue weighted by Gasteiger charge is 2.18. The van der Waals surface area contributed by atoms with Crippen molar-refractivity contribution in [2.75, 3.05) is 16.6 Å². The monoisotopic (exact) mass is 446 g/mol. The number of carbonyl (C=O) groups is 1. The van der Waals surface area contributed by atoms with E-state index in [4.69, 9.17) is 21.4 Å². The van der Waals surface area contributed by atoms with E-state index >= 15 is 0 Å². The Balaban J connectivity index is 1.82. The van der Waals surface area contributed by atoms with Crippen molar-refractivity contribution in [2.45, 2.75) is 11.8 Å². The molecule has 30 heavy (non-hydrogen) atoms. The molecule has 0 heterocycles. The fraction of sp³-hybridized carbons (Fsp3) is 0.0952. The first-order valence-electron chi connectivity index (χ1n) is 8.84. The lowest BCUT2D eigenvalue weighted by Crippen LogP contribution is -2.14. The van der Waals surface area contributed by atoms with E-state index in [0.717, 1.165) is 11.3 Å². The van der Waals surface area contributed by atoms with Crippen molar-refractivity contribution in [3.63, 3.8) is 0 Å². The zero-order valence-corrected chi connectivity index (χ0v) is 17.5. The summed E-state index contributed by atoms with van der Waals surface area (Å²) in [4.78, 5) is 10.5. The number of rotatable bonds is 8. The van der Waals surface area contributed by atoms with Gasteiger partial charge in [-0.05, 0) is 49.4 Å². The second-order valence-electron chi connectivity index (χ2n) is 6.42. The molecular formula is C21H19ClN2O5S. The van der Waals surface area contributed by atoms with Crippen LogP contribution in [0, 0.1) is 6.92 Å². The van der Waals surface area contributed by atoms with Gasteiger partial charge in [0.25, 0.3) is 10.0 Å². The summed E-state index contributed by atoms with van der Waals surface area (Å²) in [6.07, 6.45) is 0. The summed E-state index contributed by atoms with van der Waals surface area (Å²) in [5.41, 5.74) is 2.87. The van der Waals surface area contributed by atoms with Gasteiger partial charge in [-0.2, -0.15) is 0 Å². The van der Waals surface area contributed by atoms with E-state index in [2.05, 4.69) is 10.0 Å². The van der Waals surface area contributed by atoms with E-state index in [-0.39, 0.29) is 15.7 Å². The van der Waals surface area contributed by atoms with Crippen molar-refractivity contribution in [1.29, 1.82) is 0 Å². The number of halogens is 1. The van der Waals surface area contributed by atoms with E-state index in [1.54, 1.807) is 24.3 Å². The average Bonchev–Trinajstić information content (AvgIpc) is 2.70. The summed E-state index contributed by atoms with van der Waals surface area (Å²) in [5, 5.41) is 11.9. The van der Waals surface area contributed by atoms with Crippen LogP contribution in [0.3, 0.4) is 0 Å². The van der Waals surface area contributed by atoms with E-state index in [1.807, 2.05) is 31.2 Å². The molecule has 156 valence electrons. The van der Waals surface area contributed by atoms with E-state index in [1.165, 1.54) is 18.2 Å². The van der Waals surface area contributed by atoms with Crippen LogP contribution < -0.4 is 14.8 Å². The third kappa shape index (κ3) is 5.43. The van der Waals surface area contributed by atoms with E-state index < -0.39 is 22.6 Å². The highest BCUT2D eigenvalue weighted by Crippen LogP contribution is 2.31. The van der Waals surface area contributed by atoms with Crippen molar-refractivity contribution in [3.8, 4) is 5.75 Å². The van der Waals surface area contributed by atoms with Crippen LogP contribution in [0.15, 0.2) is 71.6 Å². The molecule has 9 heteroatoms. The standard InChI is InChI=1S/C21H19ClN2O5S/c1-14-6-8-15(9-7-14)23-18-4-2-3-5-19(18)24-30(27,28)16-10-11-20(17(22)12-16)29-13-21(25)26/h2-12,23-24H,13H2,1H3,(H,25,26). The van der Waals surface area contributed by atoms with Gasteiger partial charge in [0.2, 0.25) is 0 Å². The largest absolute Gasteiger partial charge is 0.480 e. The van der Waals surface area contributed by atoms with Crippen molar-refractivity contribution in [3.05, 3.63) is 77.3 Å². The van der Waals surface area contributed by atoms with Crippen LogP contribution in [0.2, 0.25) is 5.02 Å². The number of hydrogen-bond acceptors (Lipinski definition) is 5. The molecule has 0 aliphatic carbocycles. The van der Waals surface area contributed by atoms with Gasteiger partial charge in [0.15, 0.2) is 6.61 Å². The lowest BCUT2D eigenvalue weighted by Gasteiger charge is -2.15. The highest BCUT2D eigenvalue weighted by atomic mass is 35.5. The Morgan fingerprint density at radius 3 is 2.33 bits per heavy atom. The lowest BCUT2D eigenvalue weighted by molar-refractivity contribution is -0.139. The van der Waals surface area contributed by atoms with Gasteiger partial charge in [-0.15, -0.1) is 0 Å². The second-order valence-corrected chi connectivity index (χ2v) is 8.51. The molecule has 0 unspecified atom stereocenters. The number of para-hydroxylation sites is 2. The number of benzene rings is 3. The number of anilines is 3. The van der Waals surface area contributed by atoms with Crippen molar-refractivity contribution in [1.82, 2.24) is 0 Å². The summed E-state index contributed by atoms with van der Waals surface area (Å²) < 4.78 is 33.3. The Morgan fingerprint density at radius 1 is 1.03 bits per heavy atom. The summed E-state index contributed by atoms with van der Waals surface area (Å²) in [6.45, 7) is 1.40. The van der Waals surface area contributed by atoms with Gasteiger partial charge >= 0.3 is 5.97 Å². The molecule has 7 nitrogen and oxygen atoms in total. The Kier molecular flexibility index (Phi) is 6.49. The normalized spacial score (nSPS) is 11.0. The summed E-state index contributed by atoms with van der Waals surface area (Å²) >= 11 is 6.05. The van der Waals surface area contributed by atoms with Crippen molar-refractivity contribution >= 4 is 44.7 Å². The summed E-state index contributed by atoms with van der Waals surface area (Å²) in [5.74, 6) is -1.08. The molecule has 0 atom stereocenters. The van der Waals surface area contributed by atoms with Crippen LogP contribution in [0.4, 0.5) is 17.1 Å². The smallest absolute Gasteiger partial charge is 0.341 e. The molecule has 0 aliphatic rings. The molecule has 3 aromatic carbocycles. The van der Waals surface area contributed by atoms with Crippen LogP contribution in [-0.2, 0) is 14.8 Å². The minimum Gasteiger partial charge on any atom is -0.480 e. The number of carboxylic acid groups (broad SMARTS) is 1. The minimum absolute atomic E-state index is 0.00908. The van der Waals surface area contributed by atoms with Crippen LogP contribution in [0.1, 0.15) is 5.56 Å². The second kappa shape index (κ2) is 9.06. The molecule has 3 N–H and O–H groups in total. The number of aryl methyl sites for hydroxylation is 1. The Labute approximate surface area is 179 Å². The number of sulfonamides is 1. The predicted molar refractivity (Wildman–Crippen MR) is 116 cm³/mol. The molecule has 0 bridgehead atoms. The van der Waals surface area contributed by atoms with Gasteiger partial charge in [-0.25, -0.2) is 13.2 Å². The van der Waals surface area contributed by atoms with Gasteiger partial charge in [-0.3, -0.25) is 4.72 Å². The van der Waals surface area contributed by atoms with Gasteiger partial charge in [-0.1, -0.05) is 41.4 Å². The molecule has 0 aliphatic heterocycles. The zero-order chi connectivity index (χ0) is 21.7. The molecule has 0 spiro atoms. The van der Waals surface area contributed by atoms with Gasteiger partial charge in [0.05, 0.1) is 21.3 Å². The number of aliphatic carboxylic acids is 1. The molecule has 0 fully saturated rings. The SMILES string of the molecule is Cc1ccc(Nc2ccccc2NS(=O)(=O)c2ccc(OCC(=O)O)c(Cl)c2)cc1. The number of carboxylic acids is 1. The fourth-order valence-electron chi connectivity index (χ4n) is 2.58. The molecule has 0 radical (unpaired) electrons. The first kappa shape index (κ1) is 21.5. The molecular weight excluding hydrogens is 428 g/mol. The molecule has 3 rings (SSSR count). The third-order valence-corrected chi connectivity index (χ3v) is 5.73. The number of nitrogens with one attached hydrogen (secondary N) is 2. The van der Waals surface area contributed by atoms with Gasteiger partial charge < -0.3 is 15.2 Å². The van der Waals surface area contributed by atoms with Crippen molar-refractivity contribution in [2.24, 2.45) is 0 Å². The molecule has 0 saturated heterocycles. The quantitative estimate of drug-likeness (QED) is 0.465. The maximum atomic E-state index is 12.8. The van der Waals surface area contributed by atoms with E-state index in [0.29, 0.717) is 11.4 Å². The Bertz CT molecular complexity index is 1160. The zero-order valence-electron chi connectivity index (χ0n) is 15.9. The Hall–Kier alpha value is -3.23. The van der Waals surface area contributed by atoms with Crippen LogP contribution in [0.25, 0.3) is 0 Å². The maximum absolute atomic E-state index is 12.8. The highest BCUT2D eigenvalue weighted by molar-refractivity contribution is 7.92. The van der Waals surface area contributed by atoms with Crippen LogP contribution in [-0.4, -0.2) is 26.1 Å². The molecule has 0 saturated carbocycles. The maximum Gasteiger partial charge on any atom is 0.341 e. The number of ether oxygens (including phenoxy) is 1. The van der Waals surface area contributed by atoms with Crippen LogP contribution >= 0.6 is 11.6 Å². The molecule has 0 aromatic heterocycles. The average molecular weight is 447 g/mol. The third-order valence-electron chi connectivity index (χ3n) is 4.07. The predicted octanol–water partition coefficient (Wildman–Crippen LogP) is 4.66. The first-order valence-corrected chi connectivity index (χ1v) is 10.7. The van der Waals surface area contributed by atoms with Crippen molar-refractivity contribution < 1.29 is 23.1 Å². The Morgan fingerprint density at radius 2 is 1.70 bits per heavy atom. The van der Waals surface area contributed by atoms with E-state index in [9.17, 15) is 13.2 Å². The van der Waals surface area contributed by atoms with Gasteiger partial charge in [0.1, 0.15) is 5.75 Å². The molecule has 0 amide bonds. The summed E-state index contributed by atoms with van der Waals surface area (Å²) in [6, 6.07) is 18.4. The first-order chi connectivity index (χ1) is 14.2. The summed E-state index contributed by atoms with van der Waals surface area (Å²) in [7, 11) is -3.95.